The maximum Gasteiger partial charge on any atom is 0.338 e. The molecule has 0 saturated heterocycles. The summed E-state index contributed by atoms with van der Waals surface area (Å²) in [5, 5.41) is 8.72. The first-order chi connectivity index (χ1) is 5.04. The largest absolute Gasteiger partial charge is 0.478 e. The average molecular weight is 218 g/mol. The van der Waals surface area contributed by atoms with Crippen molar-refractivity contribution in [2.24, 2.45) is 7.05 Å². The van der Waals surface area contributed by atoms with Crippen molar-refractivity contribution in [1.82, 2.24) is 4.57 Å². The van der Waals surface area contributed by atoms with Crippen LogP contribution in [0.5, 0.6) is 0 Å². The summed E-state index contributed by atoms with van der Waals surface area (Å²) in [6.07, 6.45) is 1.73. The van der Waals surface area contributed by atoms with Gasteiger partial charge in [-0.25, -0.2) is 4.79 Å². The first-order valence-corrected chi connectivity index (χ1v) is 3.88. The van der Waals surface area contributed by atoms with E-state index in [0.29, 0.717) is 10.0 Å². The van der Waals surface area contributed by atoms with Crippen LogP contribution in [0.15, 0.2) is 10.7 Å². The van der Waals surface area contributed by atoms with E-state index in [1.54, 1.807) is 17.7 Å². The molecule has 0 unspecified atom stereocenters. The molecule has 0 saturated carbocycles. The van der Waals surface area contributed by atoms with Gasteiger partial charge >= 0.3 is 5.97 Å². The Morgan fingerprint density at radius 2 is 2.27 bits per heavy atom. The van der Waals surface area contributed by atoms with Gasteiger partial charge in [-0.05, 0) is 22.9 Å². The first-order valence-electron chi connectivity index (χ1n) is 3.08. The number of hydrogen-bond acceptors (Lipinski definition) is 1. The van der Waals surface area contributed by atoms with Gasteiger partial charge in [-0.3, -0.25) is 0 Å². The van der Waals surface area contributed by atoms with Crippen molar-refractivity contribution in [3.05, 3.63) is 21.9 Å². The highest BCUT2D eigenvalue weighted by molar-refractivity contribution is 9.10. The highest BCUT2D eigenvalue weighted by Gasteiger charge is 2.14. The summed E-state index contributed by atoms with van der Waals surface area (Å²) in [6.45, 7) is 1.77. The predicted molar refractivity (Wildman–Crippen MR) is 44.8 cm³/mol. The van der Waals surface area contributed by atoms with E-state index in [1.165, 1.54) is 0 Å². The highest BCUT2D eigenvalue weighted by Crippen LogP contribution is 2.21. The van der Waals surface area contributed by atoms with Gasteiger partial charge in [0.2, 0.25) is 0 Å². The van der Waals surface area contributed by atoms with Crippen LogP contribution in [0.1, 0.15) is 16.1 Å². The molecule has 0 aliphatic carbocycles. The van der Waals surface area contributed by atoms with Crippen LogP contribution in [0.2, 0.25) is 0 Å². The van der Waals surface area contributed by atoms with E-state index >= 15 is 0 Å². The second-order valence-electron chi connectivity index (χ2n) is 2.35. The SMILES string of the molecule is Cc1c(C(=O)O)c(Br)cn1C. The Morgan fingerprint density at radius 3 is 2.45 bits per heavy atom. The number of nitrogens with zero attached hydrogens (tertiary/aromatic N) is 1. The van der Waals surface area contributed by atoms with Gasteiger partial charge in [0.05, 0.1) is 5.56 Å². The minimum atomic E-state index is -0.894. The number of carboxylic acid groups (broad SMARTS) is 1. The number of carboxylic acids is 1. The van der Waals surface area contributed by atoms with Gasteiger partial charge in [-0.2, -0.15) is 0 Å². The van der Waals surface area contributed by atoms with Crippen LogP contribution in [-0.4, -0.2) is 15.6 Å². The van der Waals surface area contributed by atoms with Crippen LogP contribution in [0, 0.1) is 6.92 Å². The fourth-order valence-corrected chi connectivity index (χ4v) is 1.70. The Morgan fingerprint density at radius 1 is 1.73 bits per heavy atom. The number of hydrogen-bond donors (Lipinski definition) is 1. The van der Waals surface area contributed by atoms with Crippen LogP contribution >= 0.6 is 15.9 Å². The van der Waals surface area contributed by atoms with Crippen molar-refractivity contribution < 1.29 is 9.90 Å². The number of aromatic nitrogens is 1. The second kappa shape index (κ2) is 2.70. The summed E-state index contributed by atoms with van der Waals surface area (Å²) in [5.41, 5.74) is 1.09. The molecule has 0 radical (unpaired) electrons. The maximum absolute atomic E-state index is 10.6. The van der Waals surface area contributed by atoms with Gasteiger partial charge in [0, 0.05) is 23.4 Å². The van der Waals surface area contributed by atoms with Crippen molar-refractivity contribution in [3.63, 3.8) is 0 Å². The summed E-state index contributed by atoms with van der Waals surface area (Å²) in [4.78, 5) is 10.6. The lowest BCUT2D eigenvalue weighted by Gasteiger charge is -1.95. The van der Waals surface area contributed by atoms with Crippen LogP contribution in [0.3, 0.4) is 0 Å². The Labute approximate surface area is 72.8 Å². The molecule has 1 heterocycles. The number of halogens is 1. The van der Waals surface area contributed by atoms with Crippen LogP contribution < -0.4 is 0 Å². The molecule has 0 aliphatic rings. The Bertz CT molecular complexity index is 304. The maximum atomic E-state index is 10.6. The molecule has 0 fully saturated rings. The van der Waals surface area contributed by atoms with Crippen molar-refractivity contribution >= 4 is 21.9 Å². The third-order valence-electron chi connectivity index (χ3n) is 1.65. The molecular weight excluding hydrogens is 210 g/mol. The van der Waals surface area contributed by atoms with Gasteiger partial charge < -0.3 is 9.67 Å². The zero-order valence-electron chi connectivity index (χ0n) is 6.26. The number of rotatable bonds is 1. The lowest BCUT2D eigenvalue weighted by molar-refractivity contribution is 0.0695. The lowest BCUT2D eigenvalue weighted by Crippen LogP contribution is -1.99. The quantitative estimate of drug-likeness (QED) is 0.780. The molecule has 0 amide bonds. The van der Waals surface area contributed by atoms with E-state index in [-0.39, 0.29) is 0 Å². The first kappa shape index (κ1) is 8.33. The molecule has 0 aliphatic heterocycles. The van der Waals surface area contributed by atoms with E-state index in [9.17, 15) is 4.79 Å². The zero-order chi connectivity index (χ0) is 8.59. The van der Waals surface area contributed by atoms with Crippen molar-refractivity contribution in [3.8, 4) is 0 Å². The van der Waals surface area contributed by atoms with E-state index < -0.39 is 5.97 Å². The monoisotopic (exact) mass is 217 g/mol. The molecule has 4 heteroatoms. The summed E-state index contributed by atoms with van der Waals surface area (Å²) in [5.74, 6) is -0.894. The molecule has 1 rings (SSSR count). The van der Waals surface area contributed by atoms with Crippen molar-refractivity contribution in [2.45, 2.75) is 6.92 Å². The van der Waals surface area contributed by atoms with Gasteiger partial charge in [0.1, 0.15) is 0 Å². The van der Waals surface area contributed by atoms with Crippen LogP contribution in [0.25, 0.3) is 0 Å². The van der Waals surface area contributed by atoms with E-state index in [4.69, 9.17) is 5.11 Å². The smallest absolute Gasteiger partial charge is 0.338 e. The third kappa shape index (κ3) is 1.30. The Balaban J connectivity index is 3.34. The van der Waals surface area contributed by atoms with E-state index in [2.05, 4.69) is 15.9 Å². The molecule has 1 N–H and O–H groups in total. The third-order valence-corrected chi connectivity index (χ3v) is 2.25. The van der Waals surface area contributed by atoms with Crippen molar-refractivity contribution in [2.75, 3.05) is 0 Å². The summed E-state index contributed by atoms with van der Waals surface area (Å²) in [7, 11) is 1.81. The molecule has 0 atom stereocenters. The fraction of sp³-hybridized carbons (Fsp3) is 0.286. The predicted octanol–water partition coefficient (Wildman–Crippen LogP) is 1.79. The van der Waals surface area contributed by atoms with E-state index in [1.807, 2.05) is 7.05 Å². The molecule has 60 valence electrons. The Kier molecular flexibility index (Phi) is 2.04. The molecule has 0 spiro atoms. The summed E-state index contributed by atoms with van der Waals surface area (Å²) < 4.78 is 2.40. The van der Waals surface area contributed by atoms with Crippen LogP contribution in [-0.2, 0) is 7.05 Å². The van der Waals surface area contributed by atoms with Gasteiger partial charge in [-0.15, -0.1) is 0 Å². The Hall–Kier alpha value is -0.770. The standard InChI is InChI=1S/C7H8BrNO2/c1-4-6(7(10)11)5(8)3-9(4)2/h3H,1-2H3,(H,10,11). The number of carbonyl (C=O) groups is 1. The minimum absolute atomic E-state index is 0.340. The topological polar surface area (TPSA) is 42.2 Å². The minimum Gasteiger partial charge on any atom is -0.478 e. The number of aromatic carboxylic acids is 1. The van der Waals surface area contributed by atoms with Gasteiger partial charge in [0.15, 0.2) is 0 Å². The van der Waals surface area contributed by atoms with Gasteiger partial charge in [-0.1, -0.05) is 0 Å². The van der Waals surface area contributed by atoms with E-state index in [0.717, 1.165) is 5.69 Å². The zero-order valence-corrected chi connectivity index (χ0v) is 7.84. The molecule has 3 nitrogen and oxygen atoms in total. The molecule has 11 heavy (non-hydrogen) atoms. The summed E-state index contributed by atoms with van der Waals surface area (Å²) >= 11 is 3.17. The molecule has 1 aromatic rings. The van der Waals surface area contributed by atoms with Crippen molar-refractivity contribution in [1.29, 1.82) is 0 Å². The highest BCUT2D eigenvalue weighted by atomic mass is 79.9. The second-order valence-corrected chi connectivity index (χ2v) is 3.21. The van der Waals surface area contributed by atoms with Crippen LogP contribution in [0.4, 0.5) is 0 Å². The summed E-state index contributed by atoms with van der Waals surface area (Å²) in [6, 6.07) is 0. The number of aryl methyl sites for hydroxylation is 1. The fourth-order valence-electron chi connectivity index (χ4n) is 0.937. The molecule has 0 aromatic carbocycles. The lowest BCUT2D eigenvalue weighted by atomic mass is 10.2. The normalized spacial score (nSPS) is 10.1. The molecular formula is C7H8BrNO2. The molecule has 1 aromatic heterocycles. The van der Waals surface area contributed by atoms with Gasteiger partial charge in [0.25, 0.3) is 0 Å². The molecule has 0 bridgehead atoms. The average Bonchev–Trinajstić information content (AvgIpc) is 2.07.